The van der Waals surface area contributed by atoms with Gasteiger partial charge in [0.25, 0.3) is 0 Å². The van der Waals surface area contributed by atoms with Crippen molar-refractivity contribution in [2.24, 2.45) is 0 Å². The molecule has 0 saturated carbocycles. The molecule has 1 aliphatic heterocycles. The number of hydrogen-bond donors (Lipinski definition) is 2. The molecule has 1 saturated heterocycles. The first-order chi connectivity index (χ1) is 11.1. The fourth-order valence-corrected chi connectivity index (χ4v) is 2.67. The minimum absolute atomic E-state index is 0.0151. The van der Waals surface area contributed by atoms with Crippen molar-refractivity contribution in [1.29, 1.82) is 0 Å². The molecule has 0 radical (unpaired) electrons. The van der Waals surface area contributed by atoms with Crippen LogP contribution in [-0.4, -0.2) is 25.2 Å². The number of carbonyl (C=O) groups excluding carboxylic acids is 1. The van der Waals surface area contributed by atoms with Crippen molar-refractivity contribution in [2.75, 3.05) is 23.3 Å². The maximum Gasteiger partial charge on any atom is 0.319 e. The van der Waals surface area contributed by atoms with E-state index in [2.05, 4.69) is 10.6 Å². The molecule has 3 rings (SSSR count). The summed E-state index contributed by atoms with van der Waals surface area (Å²) in [5, 5.41) is 5.54. The number of nitrogens with one attached hydrogen (secondary N) is 2. The van der Waals surface area contributed by atoms with Crippen LogP contribution in [0, 0.1) is 11.6 Å². The first-order valence-electron chi connectivity index (χ1n) is 7.44. The number of halogens is 2. The maximum atomic E-state index is 13.3. The van der Waals surface area contributed by atoms with Gasteiger partial charge in [-0.1, -0.05) is 6.07 Å². The highest BCUT2D eigenvalue weighted by Crippen LogP contribution is 2.21. The molecule has 0 spiro atoms. The Morgan fingerprint density at radius 1 is 1.09 bits per heavy atom. The Morgan fingerprint density at radius 2 is 1.87 bits per heavy atom. The van der Waals surface area contributed by atoms with Crippen LogP contribution in [0.15, 0.2) is 48.5 Å². The molecule has 2 aromatic rings. The van der Waals surface area contributed by atoms with E-state index in [1.807, 2.05) is 11.0 Å². The normalized spacial score (nSPS) is 17.1. The second kappa shape index (κ2) is 6.64. The molecule has 23 heavy (non-hydrogen) atoms. The van der Waals surface area contributed by atoms with E-state index in [0.717, 1.165) is 18.7 Å². The van der Waals surface area contributed by atoms with E-state index >= 15 is 0 Å². The van der Waals surface area contributed by atoms with E-state index in [9.17, 15) is 13.6 Å². The molecule has 1 fully saturated rings. The third kappa shape index (κ3) is 3.97. The van der Waals surface area contributed by atoms with Gasteiger partial charge in [-0.2, -0.15) is 0 Å². The summed E-state index contributed by atoms with van der Waals surface area (Å²) < 4.78 is 26.1. The van der Waals surface area contributed by atoms with Crippen LogP contribution in [0.4, 0.5) is 25.0 Å². The monoisotopic (exact) mass is 317 g/mol. The molecule has 0 aliphatic carbocycles. The Balaban J connectivity index is 1.53. The number of benzene rings is 2. The molecule has 6 heteroatoms. The molecule has 120 valence electrons. The van der Waals surface area contributed by atoms with Gasteiger partial charge in [-0.25, -0.2) is 13.6 Å². The summed E-state index contributed by atoms with van der Waals surface area (Å²) in [7, 11) is 0. The summed E-state index contributed by atoms with van der Waals surface area (Å²) in [4.78, 5) is 14.0. The van der Waals surface area contributed by atoms with E-state index in [-0.39, 0.29) is 23.7 Å². The van der Waals surface area contributed by atoms with Gasteiger partial charge in [-0.3, -0.25) is 0 Å². The van der Waals surface area contributed by atoms with E-state index < -0.39 is 0 Å². The topological polar surface area (TPSA) is 44.4 Å². The summed E-state index contributed by atoms with van der Waals surface area (Å²) in [6.45, 7) is 1.38. The van der Waals surface area contributed by atoms with Gasteiger partial charge in [0.15, 0.2) is 0 Å². The predicted molar refractivity (Wildman–Crippen MR) is 85.6 cm³/mol. The number of urea groups is 1. The second-order valence-corrected chi connectivity index (χ2v) is 5.52. The first kappa shape index (κ1) is 15.3. The Bertz CT molecular complexity index is 690. The summed E-state index contributed by atoms with van der Waals surface area (Å²) >= 11 is 0. The van der Waals surface area contributed by atoms with Crippen LogP contribution >= 0.6 is 0 Å². The molecule has 4 nitrogen and oxygen atoms in total. The fourth-order valence-electron chi connectivity index (χ4n) is 2.67. The smallest absolute Gasteiger partial charge is 0.319 e. The largest absolute Gasteiger partial charge is 0.369 e. The number of nitrogens with zero attached hydrogens (tertiary/aromatic N) is 1. The first-order valence-corrected chi connectivity index (χ1v) is 7.44. The molecule has 2 N–H and O–H groups in total. The van der Waals surface area contributed by atoms with Gasteiger partial charge in [0.2, 0.25) is 0 Å². The van der Waals surface area contributed by atoms with Crippen LogP contribution in [0.3, 0.4) is 0 Å². The van der Waals surface area contributed by atoms with Crippen LogP contribution in [0.5, 0.6) is 0 Å². The molecule has 1 atom stereocenters. The Kier molecular flexibility index (Phi) is 4.41. The van der Waals surface area contributed by atoms with E-state index in [1.165, 1.54) is 36.4 Å². The van der Waals surface area contributed by atoms with Gasteiger partial charge in [0, 0.05) is 30.5 Å². The summed E-state index contributed by atoms with van der Waals surface area (Å²) in [6.07, 6.45) is 0.785. The Labute approximate surface area is 133 Å². The third-order valence-corrected chi connectivity index (χ3v) is 3.80. The van der Waals surface area contributed by atoms with E-state index in [4.69, 9.17) is 0 Å². The molecule has 1 heterocycles. The van der Waals surface area contributed by atoms with Gasteiger partial charge in [-0.05, 0) is 48.9 Å². The zero-order valence-corrected chi connectivity index (χ0v) is 12.4. The minimum atomic E-state index is -0.350. The average Bonchev–Trinajstić information content (AvgIpc) is 2.98. The van der Waals surface area contributed by atoms with Crippen molar-refractivity contribution < 1.29 is 13.6 Å². The molecular formula is C17H17F2N3O. The molecule has 1 aliphatic rings. The van der Waals surface area contributed by atoms with Crippen LogP contribution in [0.1, 0.15) is 6.42 Å². The number of carbonyl (C=O) groups is 1. The van der Waals surface area contributed by atoms with E-state index in [0.29, 0.717) is 12.2 Å². The van der Waals surface area contributed by atoms with Crippen LogP contribution in [-0.2, 0) is 0 Å². The lowest BCUT2D eigenvalue weighted by atomic mass is 10.2. The average molecular weight is 317 g/mol. The van der Waals surface area contributed by atoms with Gasteiger partial charge in [0.05, 0.1) is 0 Å². The van der Waals surface area contributed by atoms with Crippen molar-refractivity contribution in [3.05, 3.63) is 60.2 Å². The minimum Gasteiger partial charge on any atom is -0.369 e. The molecule has 2 aromatic carbocycles. The zero-order chi connectivity index (χ0) is 16.2. The van der Waals surface area contributed by atoms with Crippen molar-refractivity contribution in [3.63, 3.8) is 0 Å². The number of amides is 2. The summed E-state index contributed by atoms with van der Waals surface area (Å²) in [5.74, 6) is -0.620. The predicted octanol–water partition coefficient (Wildman–Crippen LogP) is 3.37. The van der Waals surface area contributed by atoms with Gasteiger partial charge in [-0.15, -0.1) is 0 Å². The quantitative estimate of drug-likeness (QED) is 0.911. The van der Waals surface area contributed by atoms with Crippen LogP contribution < -0.4 is 15.5 Å². The lowest BCUT2D eigenvalue weighted by molar-refractivity contribution is 0.249. The zero-order valence-electron chi connectivity index (χ0n) is 12.4. The molecule has 0 aromatic heterocycles. The fraction of sp³-hybridized carbons (Fsp3) is 0.235. The summed E-state index contributed by atoms with van der Waals surface area (Å²) in [5.41, 5.74) is 1.34. The third-order valence-electron chi connectivity index (χ3n) is 3.80. The van der Waals surface area contributed by atoms with Gasteiger partial charge in [0.1, 0.15) is 11.6 Å². The van der Waals surface area contributed by atoms with Crippen LogP contribution in [0.2, 0.25) is 0 Å². The highest BCUT2D eigenvalue weighted by molar-refractivity contribution is 5.89. The van der Waals surface area contributed by atoms with E-state index in [1.54, 1.807) is 6.07 Å². The Morgan fingerprint density at radius 3 is 2.61 bits per heavy atom. The Hall–Kier alpha value is -2.63. The number of hydrogen-bond acceptors (Lipinski definition) is 2. The van der Waals surface area contributed by atoms with Gasteiger partial charge < -0.3 is 15.5 Å². The highest BCUT2D eigenvalue weighted by atomic mass is 19.1. The van der Waals surface area contributed by atoms with Crippen molar-refractivity contribution in [3.8, 4) is 0 Å². The number of anilines is 2. The van der Waals surface area contributed by atoms with Crippen molar-refractivity contribution in [1.82, 2.24) is 5.32 Å². The van der Waals surface area contributed by atoms with Crippen molar-refractivity contribution >= 4 is 17.4 Å². The molecule has 2 amide bonds. The molecule has 0 bridgehead atoms. The lowest BCUT2D eigenvalue weighted by Gasteiger charge is -2.19. The van der Waals surface area contributed by atoms with Crippen LogP contribution in [0.25, 0.3) is 0 Å². The highest BCUT2D eigenvalue weighted by Gasteiger charge is 2.24. The van der Waals surface area contributed by atoms with Crippen molar-refractivity contribution in [2.45, 2.75) is 12.5 Å². The number of rotatable bonds is 3. The SMILES string of the molecule is O=C(Nc1ccc(F)cc1)N[C@@H]1CCN(c2cccc(F)c2)C1. The van der Waals surface area contributed by atoms with Gasteiger partial charge >= 0.3 is 6.03 Å². The standard InChI is InChI=1S/C17H17F2N3O/c18-12-4-6-14(7-5-12)20-17(23)21-15-8-9-22(11-15)16-3-1-2-13(19)10-16/h1-7,10,15H,8-9,11H2,(H2,20,21,23)/t15-/m1/s1. The second-order valence-electron chi connectivity index (χ2n) is 5.52. The summed E-state index contributed by atoms with van der Waals surface area (Å²) in [6, 6.07) is 11.7. The lowest BCUT2D eigenvalue weighted by Crippen LogP contribution is -2.39. The maximum absolute atomic E-state index is 13.3. The molecule has 0 unspecified atom stereocenters. The molecular weight excluding hydrogens is 300 g/mol.